The smallest absolute Gasteiger partial charge is 0.142 e. The quantitative estimate of drug-likeness (QED) is 0.809. The molecule has 0 fully saturated rings. The number of halogens is 1. The summed E-state index contributed by atoms with van der Waals surface area (Å²) >= 11 is 6.09. The summed E-state index contributed by atoms with van der Waals surface area (Å²) in [6.07, 6.45) is -0.0143. The number of hydrogen-bond donors (Lipinski definition) is 1. The Morgan fingerprint density at radius 3 is 2.43 bits per heavy atom. The first-order valence-corrected chi connectivity index (χ1v) is 7.45. The van der Waals surface area contributed by atoms with E-state index in [9.17, 15) is 0 Å². The monoisotopic (exact) mass is 305 g/mol. The lowest BCUT2D eigenvalue weighted by atomic mass is 10.2. The predicted octanol–water partition coefficient (Wildman–Crippen LogP) is 4.62. The molecule has 1 N–H and O–H groups in total. The third kappa shape index (κ3) is 4.57. The molecule has 1 atom stereocenters. The lowest BCUT2D eigenvalue weighted by molar-refractivity contribution is 0.234. The van der Waals surface area contributed by atoms with Crippen LogP contribution in [0.5, 0.6) is 11.5 Å². The Kier molecular flexibility index (Phi) is 5.76. The van der Waals surface area contributed by atoms with Gasteiger partial charge in [0.15, 0.2) is 0 Å². The van der Waals surface area contributed by atoms with Crippen molar-refractivity contribution in [3.8, 4) is 11.5 Å². The van der Waals surface area contributed by atoms with E-state index < -0.39 is 0 Å². The van der Waals surface area contributed by atoms with Crippen molar-refractivity contribution >= 4 is 17.3 Å². The van der Waals surface area contributed by atoms with Crippen molar-refractivity contribution in [2.45, 2.75) is 20.0 Å². The molecule has 0 heterocycles. The standard InChI is InChI=1S/C17H20ClNO2/c1-3-20-17-11-7-5-9-15(17)19-12-13(2)21-16-10-6-4-8-14(16)18/h4-11,13,19H,3,12H2,1-2H3. The van der Waals surface area contributed by atoms with Crippen molar-refractivity contribution in [3.05, 3.63) is 53.6 Å². The van der Waals surface area contributed by atoms with Crippen LogP contribution in [0, 0.1) is 0 Å². The molecule has 2 aromatic rings. The fourth-order valence-electron chi connectivity index (χ4n) is 1.95. The highest BCUT2D eigenvalue weighted by atomic mass is 35.5. The number of para-hydroxylation sites is 3. The Morgan fingerprint density at radius 2 is 1.71 bits per heavy atom. The second kappa shape index (κ2) is 7.79. The van der Waals surface area contributed by atoms with Gasteiger partial charge in [-0.2, -0.15) is 0 Å². The van der Waals surface area contributed by atoms with Gasteiger partial charge in [-0.3, -0.25) is 0 Å². The molecule has 4 heteroatoms. The van der Waals surface area contributed by atoms with Gasteiger partial charge in [-0.25, -0.2) is 0 Å². The number of nitrogens with one attached hydrogen (secondary N) is 1. The fraction of sp³-hybridized carbons (Fsp3) is 0.294. The van der Waals surface area contributed by atoms with Gasteiger partial charge in [0, 0.05) is 0 Å². The van der Waals surface area contributed by atoms with E-state index in [0.29, 0.717) is 23.9 Å². The molecule has 2 rings (SSSR count). The SMILES string of the molecule is CCOc1ccccc1NCC(C)Oc1ccccc1Cl. The second-order valence-corrected chi connectivity index (χ2v) is 5.08. The zero-order valence-corrected chi connectivity index (χ0v) is 13.1. The summed E-state index contributed by atoms with van der Waals surface area (Å²) in [7, 11) is 0. The highest BCUT2D eigenvalue weighted by Crippen LogP contribution is 2.26. The first kappa shape index (κ1) is 15.5. The molecule has 2 aromatic carbocycles. The topological polar surface area (TPSA) is 30.5 Å². The number of benzene rings is 2. The Balaban J connectivity index is 1.92. The second-order valence-electron chi connectivity index (χ2n) is 4.67. The van der Waals surface area contributed by atoms with Crippen molar-refractivity contribution in [3.63, 3.8) is 0 Å². The van der Waals surface area contributed by atoms with Gasteiger partial charge in [0.05, 0.1) is 23.9 Å². The lowest BCUT2D eigenvalue weighted by Crippen LogP contribution is -2.23. The molecule has 0 saturated heterocycles. The van der Waals surface area contributed by atoms with Crippen LogP contribution < -0.4 is 14.8 Å². The Hall–Kier alpha value is -1.87. The van der Waals surface area contributed by atoms with E-state index >= 15 is 0 Å². The molecule has 0 aromatic heterocycles. The van der Waals surface area contributed by atoms with Gasteiger partial charge in [0.25, 0.3) is 0 Å². The van der Waals surface area contributed by atoms with Gasteiger partial charge in [0.1, 0.15) is 17.6 Å². The minimum Gasteiger partial charge on any atom is -0.492 e. The average molecular weight is 306 g/mol. The first-order valence-electron chi connectivity index (χ1n) is 7.07. The van der Waals surface area contributed by atoms with Crippen LogP contribution >= 0.6 is 11.6 Å². The summed E-state index contributed by atoms with van der Waals surface area (Å²) in [4.78, 5) is 0. The van der Waals surface area contributed by atoms with Gasteiger partial charge in [0.2, 0.25) is 0 Å². The zero-order valence-electron chi connectivity index (χ0n) is 12.3. The van der Waals surface area contributed by atoms with Crippen LogP contribution in [0.1, 0.15) is 13.8 Å². The molecule has 112 valence electrons. The van der Waals surface area contributed by atoms with E-state index in [1.165, 1.54) is 0 Å². The first-order chi connectivity index (χ1) is 10.2. The Morgan fingerprint density at radius 1 is 1.05 bits per heavy atom. The molecule has 3 nitrogen and oxygen atoms in total. The molecule has 0 radical (unpaired) electrons. The van der Waals surface area contributed by atoms with Crippen molar-refractivity contribution in [1.82, 2.24) is 0 Å². The average Bonchev–Trinajstić information content (AvgIpc) is 2.49. The van der Waals surface area contributed by atoms with Crippen molar-refractivity contribution in [2.24, 2.45) is 0 Å². The molecule has 0 aliphatic carbocycles. The van der Waals surface area contributed by atoms with Gasteiger partial charge < -0.3 is 14.8 Å². The van der Waals surface area contributed by atoms with E-state index in [-0.39, 0.29) is 6.10 Å². The summed E-state index contributed by atoms with van der Waals surface area (Å²) < 4.78 is 11.4. The van der Waals surface area contributed by atoms with Gasteiger partial charge in [-0.15, -0.1) is 0 Å². The van der Waals surface area contributed by atoms with Crippen molar-refractivity contribution in [1.29, 1.82) is 0 Å². The highest BCUT2D eigenvalue weighted by Gasteiger charge is 2.08. The molecule has 0 aliphatic rings. The molecule has 0 spiro atoms. The molecule has 0 bridgehead atoms. The third-order valence-electron chi connectivity index (χ3n) is 2.93. The molecular formula is C17H20ClNO2. The van der Waals surface area contributed by atoms with E-state index in [1.807, 2.05) is 62.4 Å². The minimum absolute atomic E-state index is 0.0143. The molecule has 0 amide bonds. The minimum atomic E-state index is -0.0143. The fourth-order valence-corrected chi connectivity index (χ4v) is 2.13. The van der Waals surface area contributed by atoms with Crippen LogP contribution in [0.15, 0.2) is 48.5 Å². The van der Waals surface area contributed by atoms with E-state index in [4.69, 9.17) is 21.1 Å². The summed E-state index contributed by atoms with van der Waals surface area (Å²) in [5.41, 5.74) is 0.967. The molecule has 0 saturated carbocycles. The van der Waals surface area contributed by atoms with Crippen LogP contribution in [0.2, 0.25) is 5.02 Å². The van der Waals surface area contributed by atoms with Crippen LogP contribution in [-0.2, 0) is 0 Å². The summed E-state index contributed by atoms with van der Waals surface area (Å²) in [5, 5.41) is 3.97. The largest absolute Gasteiger partial charge is 0.492 e. The summed E-state index contributed by atoms with van der Waals surface area (Å²) in [6.45, 7) is 5.28. The van der Waals surface area contributed by atoms with E-state index in [2.05, 4.69) is 5.32 Å². The number of rotatable bonds is 7. The molecule has 21 heavy (non-hydrogen) atoms. The van der Waals surface area contributed by atoms with E-state index in [1.54, 1.807) is 0 Å². The van der Waals surface area contributed by atoms with Crippen LogP contribution in [-0.4, -0.2) is 19.3 Å². The highest BCUT2D eigenvalue weighted by molar-refractivity contribution is 6.32. The Labute approximate surface area is 130 Å². The number of ether oxygens (including phenoxy) is 2. The summed E-state index contributed by atoms with van der Waals surface area (Å²) in [6, 6.07) is 15.4. The maximum absolute atomic E-state index is 6.09. The molecule has 1 unspecified atom stereocenters. The third-order valence-corrected chi connectivity index (χ3v) is 3.24. The van der Waals surface area contributed by atoms with Gasteiger partial charge >= 0.3 is 0 Å². The van der Waals surface area contributed by atoms with E-state index in [0.717, 1.165) is 11.4 Å². The maximum Gasteiger partial charge on any atom is 0.142 e. The van der Waals surface area contributed by atoms with Gasteiger partial charge in [-0.1, -0.05) is 35.9 Å². The summed E-state index contributed by atoms with van der Waals surface area (Å²) in [5.74, 6) is 1.55. The predicted molar refractivity (Wildman–Crippen MR) is 87.6 cm³/mol. The molecular weight excluding hydrogens is 286 g/mol. The van der Waals surface area contributed by atoms with Crippen molar-refractivity contribution in [2.75, 3.05) is 18.5 Å². The van der Waals surface area contributed by atoms with Crippen LogP contribution in [0.3, 0.4) is 0 Å². The van der Waals surface area contributed by atoms with Gasteiger partial charge in [-0.05, 0) is 38.1 Å². The normalized spacial score (nSPS) is 11.8. The lowest BCUT2D eigenvalue weighted by Gasteiger charge is -2.18. The van der Waals surface area contributed by atoms with Crippen LogP contribution in [0.25, 0.3) is 0 Å². The van der Waals surface area contributed by atoms with Crippen molar-refractivity contribution < 1.29 is 9.47 Å². The zero-order chi connectivity index (χ0) is 15.1. The Bertz CT molecular complexity index is 574. The number of anilines is 1. The van der Waals surface area contributed by atoms with Crippen LogP contribution in [0.4, 0.5) is 5.69 Å². The maximum atomic E-state index is 6.09. The number of hydrogen-bond acceptors (Lipinski definition) is 3. The molecule has 0 aliphatic heterocycles.